The van der Waals surface area contributed by atoms with Crippen LogP contribution in [0.3, 0.4) is 0 Å². The molecule has 7 nitrogen and oxygen atoms in total. The van der Waals surface area contributed by atoms with E-state index in [1.165, 1.54) is 17.9 Å². The van der Waals surface area contributed by atoms with E-state index in [0.29, 0.717) is 18.0 Å². The number of carbonyl (C=O) groups excluding carboxylic acids is 1. The van der Waals surface area contributed by atoms with Gasteiger partial charge in [0.25, 0.3) is 0 Å². The lowest BCUT2D eigenvalue weighted by Crippen LogP contribution is -2.11. The van der Waals surface area contributed by atoms with Crippen LogP contribution in [0.5, 0.6) is 11.5 Å². The number of ether oxygens (including phenoxy) is 2. The molecule has 0 amide bonds. The van der Waals surface area contributed by atoms with Crippen LogP contribution in [-0.2, 0) is 6.54 Å². The van der Waals surface area contributed by atoms with Gasteiger partial charge in [0.2, 0.25) is 0 Å². The van der Waals surface area contributed by atoms with Crippen LogP contribution in [0, 0.1) is 0 Å². The summed E-state index contributed by atoms with van der Waals surface area (Å²) in [5, 5.41) is 12.9. The molecule has 0 saturated carbocycles. The molecule has 0 unspecified atom stereocenters. The molecule has 21 heavy (non-hydrogen) atoms. The smallest absolute Gasteiger partial charge is 0.364 e. The summed E-state index contributed by atoms with van der Waals surface area (Å²) in [7, 11) is 1.53. The summed E-state index contributed by atoms with van der Waals surface area (Å²) in [6.07, 6.45) is 0. The molecule has 0 radical (unpaired) electrons. The maximum atomic E-state index is 12.0. The number of hydrogen-bond acceptors (Lipinski definition) is 5. The van der Waals surface area contributed by atoms with Gasteiger partial charge < -0.3 is 14.6 Å². The third-order valence-corrected chi connectivity index (χ3v) is 2.78. The highest BCUT2D eigenvalue weighted by Gasteiger charge is 2.19. The molecule has 0 bridgehead atoms. The first kappa shape index (κ1) is 14.6. The van der Waals surface area contributed by atoms with Crippen molar-refractivity contribution in [3.05, 3.63) is 41.7 Å². The van der Waals surface area contributed by atoms with Crippen molar-refractivity contribution in [2.45, 2.75) is 13.5 Å². The molecular formula is C14H14N2O5. The molecule has 0 atom stereocenters. The molecule has 1 aromatic heterocycles. The van der Waals surface area contributed by atoms with Crippen molar-refractivity contribution < 1.29 is 24.2 Å². The summed E-state index contributed by atoms with van der Waals surface area (Å²) in [5.74, 6) is -0.898. The molecule has 0 saturated heterocycles. The summed E-state index contributed by atoms with van der Waals surface area (Å²) in [5.41, 5.74) is -0.107. The summed E-state index contributed by atoms with van der Waals surface area (Å²) in [6, 6.07) is 7.64. The van der Waals surface area contributed by atoms with Crippen molar-refractivity contribution in [2.24, 2.45) is 0 Å². The van der Waals surface area contributed by atoms with E-state index in [1.807, 2.05) is 0 Å². The van der Waals surface area contributed by atoms with Crippen LogP contribution in [-0.4, -0.2) is 33.9 Å². The first-order valence-electron chi connectivity index (χ1n) is 6.22. The Kier molecular flexibility index (Phi) is 4.22. The second-order valence-electron chi connectivity index (χ2n) is 4.10. The van der Waals surface area contributed by atoms with Gasteiger partial charge in [-0.25, -0.2) is 9.59 Å². The SMILES string of the molecule is CCn1nc(C(=O)Oc2ccc(OC)cc2)cc1C(=O)O. The zero-order valence-electron chi connectivity index (χ0n) is 11.6. The number of aromatic nitrogens is 2. The topological polar surface area (TPSA) is 90.7 Å². The molecule has 110 valence electrons. The minimum Gasteiger partial charge on any atom is -0.497 e. The Bertz CT molecular complexity index is 661. The molecular weight excluding hydrogens is 276 g/mol. The van der Waals surface area contributed by atoms with Gasteiger partial charge in [-0.05, 0) is 31.2 Å². The lowest BCUT2D eigenvalue weighted by Gasteiger charge is -2.03. The number of carboxylic acid groups (broad SMARTS) is 1. The number of hydrogen-bond donors (Lipinski definition) is 1. The lowest BCUT2D eigenvalue weighted by atomic mass is 10.3. The van der Waals surface area contributed by atoms with Gasteiger partial charge in [-0.1, -0.05) is 0 Å². The molecule has 0 aliphatic carbocycles. The quantitative estimate of drug-likeness (QED) is 0.667. The molecule has 1 heterocycles. The van der Waals surface area contributed by atoms with Gasteiger partial charge in [0.05, 0.1) is 7.11 Å². The Balaban J connectivity index is 2.17. The lowest BCUT2D eigenvalue weighted by molar-refractivity contribution is 0.0681. The number of nitrogens with zero attached hydrogens (tertiary/aromatic N) is 2. The third-order valence-electron chi connectivity index (χ3n) is 2.78. The molecule has 0 aliphatic rings. The molecule has 1 aromatic carbocycles. The highest BCUT2D eigenvalue weighted by atomic mass is 16.5. The summed E-state index contributed by atoms with van der Waals surface area (Å²) in [6.45, 7) is 2.08. The normalized spacial score (nSPS) is 10.2. The second-order valence-corrected chi connectivity index (χ2v) is 4.10. The average Bonchev–Trinajstić information content (AvgIpc) is 2.92. The maximum Gasteiger partial charge on any atom is 0.364 e. The minimum atomic E-state index is -1.15. The van der Waals surface area contributed by atoms with E-state index in [9.17, 15) is 9.59 Å². The van der Waals surface area contributed by atoms with Crippen molar-refractivity contribution in [1.29, 1.82) is 0 Å². The van der Waals surface area contributed by atoms with Gasteiger partial charge in [-0.15, -0.1) is 0 Å². The highest BCUT2D eigenvalue weighted by Crippen LogP contribution is 2.18. The maximum absolute atomic E-state index is 12.0. The van der Waals surface area contributed by atoms with Crippen molar-refractivity contribution in [2.75, 3.05) is 7.11 Å². The Labute approximate surface area is 120 Å². The van der Waals surface area contributed by atoms with E-state index in [2.05, 4.69) is 5.10 Å². The van der Waals surface area contributed by atoms with Crippen LogP contribution in [0.15, 0.2) is 30.3 Å². The number of rotatable bonds is 5. The fraction of sp³-hybridized carbons (Fsp3) is 0.214. The van der Waals surface area contributed by atoms with Crippen LogP contribution in [0.25, 0.3) is 0 Å². The first-order chi connectivity index (χ1) is 10.0. The van der Waals surface area contributed by atoms with Gasteiger partial charge in [-0.3, -0.25) is 4.68 Å². The number of aryl methyl sites for hydroxylation is 1. The number of benzene rings is 1. The second kappa shape index (κ2) is 6.08. The predicted octanol–water partition coefficient (Wildman–Crippen LogP) is 1.83. The Morgan fingerprint density at radius 3 is 2.33 bits per heavy atom. The highest BCUT2D eigenvalue weighted by molar-refractivity contribution is 5.93. The van der Waals surface area contributed by atoms with Crippen LogP contribution >= 0.6 is 0 Å². The van der Waals surface area contributed by atoms with Gasteiger partial charge in [-0.2, -0.15) is 5.10 Å². The minimum absolute atomic E-state index is 0.0509. The summed E-state index contributed by atoms with van der Waals surface area (Å²) < 4.78 is 11.4. The van der Waals surface area contributed by atoms with E-state index in [1.54, 1.807) is 31.2 Å². The van der Waals surface area contributed by atoms with Crippen molar-refractivity contribution in [1.82, 2.24) is 9.78 Å². The van der Waals surface area contributed by atoms with Crippen molar-refractivity contribution in [3.63, 3.8) is 0 Å². The predicted molar refractivity (Wildman–Crippen MR) is 72.8 cm³/mol. The Hall–Kier alpha value is -2.83. The van der Waals surface area contributed by atoms with Crippen LogP contribution in [0.1, 0.15) is 27.9 Å². The fourth-order valence-electron chi connectivity index (χ4n) is 1.73. The van der Waals surface area contributed by atoms with E-state index in [4.69, 9.17) is 14.6 Å². The number of aromatic carboxylic acids is 1. The van der Waals surface area contributed by atoms with Crippen LogP contribution in [0.4, 0.5) is 0 Å². The number of carboxylic acids is 1. The zero-order chi connectivity index (χ0) is 15.4. The molecule has 0 spiro atoms. The van der Waals surface area contributed by atoms with Crippen LogP contribution < -0.4 is 9.47 Å². The number of methoxy groups -OCH3 is 1. The van der Waals surface area contributed by atoms with Crippen LogP contribution in [0.2, 0.25) is 0 Å². The van der Waals surface area contributed by atoms with E-state index in [0.717, 1.165) is 0 Å². The van der Waals surface area contributed by atoms with Gasteiger partial charge in [0.1, 0.15) is 17.2 Å². The third kappa shape index (κ3) is 3.19. The van der Waals surface area contributed by atoms with Gasteiger partial charge in [0.15, 0.2) is 5.69 Å². The van der Waals surface area contributed by atoms with Crippen molar-refractivity contribution in [3.8, 4) is 11.5 Å². The number of esters is 1. The standard InChI is InChI=1S/C14H14N2O5/c1-3-16-12(13(17)18)8-11(15-16)14(19)21-10-6-4-9(20-2)5-7-10/h4-8H,3H2,1-2H3,(H,17,18). The van der Waals surface area contributed by atoms with E-state index >= 15 is 0 Å². The molecule has 0 fully saturated rings. The molecule has 0 aliphatic heterocycles. The largest absolute Gasteiger partial charge is 0.497 e. The van der Waals surface area contributed by atoms with Crippen molar-refractivity contribution >= 4 is 11.9 Å². The van der Waals surface area contributed by atoms with E-state index in [-0.39, 0.29) is 11.4 Å². The summed E-state index contributed by atoms with van der Waals surface area (Å²) in [4.78, 5) is 23.0. The fourth-order valence-corrected chi connectivity index (χ4v) is 1.73. The van der Waals surface area contributed by atoms with E-state index < -0.39 is 11.9 Å². The molecule has 2 rings (SSSR count). The van der Waals surface area contributed by atoms with Gasteiger partial charge in [0, 0.05) is 12.6 Å². The molecule has 1 N–H and O–H groups in total. The number of carbonyl (C=O) groups is 2. The monoisotopic (exact) mass is 290 g/mol. The van der Waals surface area contributed by atoms with Gasteiger partial charge >= 0.3 is 11.9 Å². The first-order valence-corrected chi connectivity index (χ1v) is 6.22. The Morgan fingerprint density at radius 1 is 1.24 bits per heavy atom. The Morgan fingerprint density at radius 2 is 1.86 bits per heavy atom. The zero-order valence-corrected chi connectivity index (χ0v) is 11.6. The molecule has 7 heteroatoms. The summed E-state index contributed by atoms with van der Waals surface area (Å²) >= 11 is 0. The average molecular weight is 290 g/mol. The molecule has 2 aromatic rings.